The normalized spacial score (nSPS) is 11.2. The van der Waals surface area contributed by atoms with Crippen LogP contribution in [0.3, 0.4) is 0 Å². The molecule has 0 aliphatic rings. The molecule has 1 amide bonds. The number of carbonyl (C=O) groups is 1. The predicted octanol–water partition coefficient (Wildman–Crippen LogP) is 0.945. The fourth-order valence-electron chi connectivity index (χ4n) is 1.40. The minimum Gasteiger partial charge on any atom is -0.351 e. The van der Waals surface area contributed by atoms with E-state index in [0.717, 1.165) is 15.8 Å². The first-order valence-corrected chi connectivity index (χ1v) is 7.63. The largest absolute Gasteiger partial charge is 0.351 e. The topological polar surface area (TPSA) is 75.3 Å². The van der Waals surface area contributed by atoms with Crippen molar-refractivity contribution < 1.29 is 13.2 Å². The Bertz CT molecular complexity index is 547. The lowest BCUT2D eigenvalue weighted by Gasteiger charge is -2.06. The van der Waals surface area contributed by atoms with Gasteiger partial charge in [0.05, 0.1) is 4.90 Å². The molecule has 100 valence electrons. The van der Waals surface area contributed by atoms with Crippen LogP contribution in [0.15, 0.2) is 23.6 Å². The van der Waals surface area contributed by atoms with Crippen molar-refractivity contribution >= 4 is 27.3 Å². The van der Waals surface area contributed by atoms with Crippen molar-refractivity contribution in [3.05, 3.63) is 28.5 Å². The van der Waals surface area contributed by atoms with Gasteiger partial charge in [-0.05, 0) is 26.0 Å². The molecule has 0 radical (unpaired) electrons. The number of nitrogens with one attached hydrogen (secondary N) is 2. The van der Waals surface area contributed by atoms with E-state index in [1.54, 1.807) is 13.0 Å². The van der Waals surface area contributed by atoms with Gasteiger partial charge >= 0.3 is 0 Å². The van der Waals surface area contributed by atoms with Gasteiger partial charge in [-0.2, -0.15) is 0 Å². The van der Waals surface area contributed by atoms with Crippen molar-refractivity contribution in [2.75, 3.05) is 13.1 Å². The van der Waals surface area contributed by atoms with E-state index in [4.69, 9.17) is 0 Å². The second-order valence-electron chi connectivity index (χ2n) is 3.67. The maximum absolute atomic E-state index is 11.9. The lowest BCUT2D eigenvalue weighted by molar-refractivity contribution is -0.116. The van der Waals surface area contributed by atoms with Crippen LogP contribution in [0.4, 0.5) is 0 Å². The molecule has 1 aromatic rings. The number of rotatable bonds is 6. The van der Waals surface area contributed by atoms with E-state index in [1.165, 1.54) is 11.3 Å². The molecule has 0 aromatic carbocycles. The number of thiophene rings is 1. The summed E-state index contributed by atoms with van der Waals surface area (Å²) in [7, 11) is -3.49. The fraction of sp³-hybridized carbons (Fsp3) is 0.364. The molecule has 0 unspecified atom stereocenters. The molecular weight excluding hydrogens is 272 g/mol. The molecule has 0 bridgehead atoms. The summed E-state index contributed by atoms with van der Waals surface area (Å²) in [6.45, 7) is 7.31. The molecule has 1 rings (SSSR count). The average Bonchev–Trinajstić information content (AvgIpc) is 2.64. The van der Waals surface area contributed by atoms with E-state index in [-0.39, 0.29) is 19.0 Å². The second-order valence-corrected chi connectivity index (χ2v) is 6.87. The van der Waals surface area contributed by atoms with Crippen molar-refractivity contribution in [2.24, 2.45) is 0 Å². The fourth-order valence-corrected chi connectivity index (χ4v) is 3.98. The molecular formula is C11H16N2O3S2. The third-order valence-electron chi connectivity index (χ3n) is 2.19. The van der Waals surface area contributed by atoms with Crippen molar-refractivity contribution in [3.63, 3.8) is 0 Å². The number of hydrogen-bond donors (Lipinski definition) is 2. The van der Waals surface area contributed by atoms with Crippen molar-refractivity contribution in [1.29, 1.82) is 0 Å². The van der Waals surface area contributed by atoms with E-state index in [9.17, 15) is 13.2 Å². The summed E-state index contributed by atoms with van der Waals surface area (Å²) in [6, 6.07) is 1.64. The molecule has 1 heterocycles. The summed E-state index contributed by atoms with van der Waals surface area (Å²) < 4.78 is 26.3. The summed E-state index contributed by atoms with van der Waals surface area (Å²) in [5.74, 6) is -0.322. The van der Waals surface area contributed by atoms with Gasteiger partial charge < -0.3 is 5.32 Å². The van der Waals surface area contributed by atoms with E-state index in [0.29, 0.717) is 4.90 Å². The smallest absolute Gasteiger partial charge is 0.243 e. The van der Waals surface area contributed by atoms with Gasteiger partial charge in [0, 0.05) is 22.8 Å². The minimum atomic E-state index is -3.49. The van der Waals surface area contributed by atoms with Gasteiger partial charge in [0.1, 0.15) is 0 Å². The number of carbonyl (C=O) groups excluding carboxylic acids is 1. The maximum Gasteiger partial charge on any atom is 0.243 e. The summed E-state index contributed by atoms with van der Waals surface area (Å²) in [6.07, 6.45) is 1.14. The molecule has 0 atom stereocenters. The molecule has 0 aliphatic heterocycles. The van der Waals surface area contributed by atoms with Crippen LogP contribution in [-0.4, -0.2) is 27.4 Å². The maximum atomic E-state index is 11.9. The van der Waals surface area contributed by atoms with Crippen LogP contribution in [0.25, 0.3) is 0 Å². The Morgan fingerprint density at radius 2 is 2.11 bits per heavy atom. The van der Waals surface area contributed by atoms with Crippen LogP contribution in [0.2, 0.25) is 0 Å². The predicted molar refractivity (Wildman–Crippen MR) is 72.2 cm³/mol. The van der Waals surface area contributed by atoms with Crippen molar-refractivity contribution in [2.45, 2.75) is 18.7 Å². The first kappa shape index (κ1) is 14.9. The molecule has 5 nitrogen and oxygen atoms in total. The van der Waals surface area contributed by atoms with Gasteiger partial charge in [-0.1, -0.05) is 6.58 Å². The highest BCUT2D eigenvalue weighted by Crippen LogP contribution is 2.24. The quantitative estimate of drug-likeness (QED) is 0.604. The molecule has 0 saturated carbocycles. The Labute approximate surface area is 111 Å². The highest BCUT2D eigenvalue weighted by atomic mass is 32.2. The summed E-state index contributed by atoms with van der Waals surface area (Å²) in [4.78, 5) is 12.9. The summed E-state index contributed by atoms with van der Waals surface area (Å²) in [5, 5.41) is 2.49. The molecule has 0 aliphatic carbocycles. The van der Waals surface area contributed by atoms with Crippen LogP contribution >= 0.6 is 11.3 Å². The van der Waals surface area contributed by atoms with Gasteiger partial charge in [-0.25, -0.2) is 13.1 Å². The van der Waals surface area contributed by atoms with Crippen molar-refractivity contribution in [1.82, 2.24) is 10.0 Å². The lowest BCUT2D eigenvalue weighted by atomic mass is 10.4. The second kappa shape index (κ2) is 6.12. The van der Waals surface area contributed by atoms with Gasteiger partial charge in [0.25, 0.3) is 0 Å². The average molecular weight is 288 g/mol. The first-order valence-electron chi connectivity index (χ1n) is 5.34. The van der Waals surface area contributed by atoms with Crippen LogP contribution in [0, 0.1) is 13.8 Å². The van der Waals surface area contributed by atoms with Crippen LogP contribution < -0.4 is 10.0 Å². The standard InChI is InChI=1S/C11H16N2O3S2/c1-4-11(14)12-5-6-13-18(15,16)10-7-8(2)17-9(10)3/h4,7,13H,1,5-6H2,2-3H3,(H,12,14). The van der Waals surface area contributed by atoms with Crippen LogP contribution in [0.5, 0.6) is 0 Å². The number of amides is 1. The van der Waals surface area contributed by atoms with E-state index in [1.807, 2.05) is 6.92 Å². The Balaban J connectivity index is 2.58. The Morgan fingerprint density at radius 3 is 2.61 bits per heavy atom. The van der Waals surface area contributed by atoms with Gasteiger partial charge in [-0.3, -0.25) is 4.79 Å². The zero-order valence-corrected chi connectivity index (χ0v) is 12.0. The highest BCUT2D eigenvalue weighted by molar-refractivity contribution is 7.89. The molecule has 0 spiro atoms. The monoisotopic (exact) mass is 288 g/mol. The molecule has 18 heavy (non-hydrogen) atoms. The molecule has 1 aromatic heterocycles. The van der Waals surface area contributed by atoms with Gasteiger partial charge in [0.2, 0.25) is 15.9 Å². The SMILES string of the molecule is C=CC(=O)NCCNS(=O)(=O)c1cc(C)sc1C. The number of sulfonamides is 1. The Kier molecular flexibility index (Phi) is 5.06. The van der Waals surface area contributed by atoms with E-state index >= 15 is 0 Å². The molecule has 0 fully saturated rings. The zero-order chi connectivity index (χ0) is 13.8. The van der Waals surface area contributed by atoms with E-state index in [2.05, 4.69) is 16.6 Å². The highest BCUT2D eigenvalue weighted by Gasteiger charge is 2.18. The molecule has 0 saturated heterocycles. The third-order valence-corrected chi connectivity index (χ3v) is 4.87. The van der Waals surface area contributed by atoms with Gasteiger partial charge in [-0.15, -0.1) is 11.3 Å². The number of aryl methyl sites for hydroxylation is 2. The number of hydrogen-bond acceptors (Lipinski definition) is 4. The van der Waals surface area contributed by atoms with E-state index < -0.39 is 10.0 Å². The lowest BCUT2D eigenvalue weighted by Crippen LogP contribution is -2.34. The Morgan fingerprint density at radius 1 is 1.44 bits per heavy atom. The van der Waals surface area contributed by atoms with Gasteiger partial charge in [0.15, 0.2) is 0 Å². The zero-order valence-electron chi connectivity index (χ0n) is 10.3. The molecule has 7 heteroatoms. The summed E-state index contributed by atoms with van der Waals surface area (Å²) in [5.41, 5.74) is 0. The first-order chi connectivity index (χ1) is 8.36. The summed E-state index contributed by atoms with van der Waals surface area (Å²) >= 11 is 1.44. The van der Waals surface area contributed by atoms with Crippen LogP contribution in [-0.2, 0) is 14.8 Å². The third kappa shape index (κ3) is 3.94. The van der Waals surface area contributed by atoms with Crippen LogP contribution in [0.1, 0.15) is 9.75 Å². The molecule has 2 N–H and O–H groups in total. The minimum absolute atomic E-state index is 0.149. The van der Waals surface area contributed by atoms with Crippen molar-refractivity contribution in [3.8, 4) is 0 Å². The Hall–Kier alpha value is -1.18.